The maximum atomic E-state index is 5.05. The first-order valence-electron chi connectivity index (χ1n) is 15.5. The molecule has 0 aliphatic heterocycles. The fourth-order valence-corrected chi connectivity index (χ4v) is 6.65. The molecule has 0 fully saturated rings. The molecule has 0 atom stereocenters. The summed E-state index contributed by atoms with van der Waals surface area (Å²) in [6, 6.07) is 59.4. The summed E-state index contributed by atoms with van der Waals surface area (Å²) in [5.74, 6) is 0.704. The fourth-order valence-electron chi connectivity index (χ4n) is 6.65. The highest BCUT2D eigenvalue weighted by molar-refractivity contribution is 6.19. The van der Waals surface area contributed by atoms with Crippen LogP contribution >= 0.6 is 0 Å². The van der Waals surface area contributed by atoms with Crippen molar-refractivity contribution >= 4 is 32.8 Å². The van der Waals surface area contributed by atoms with E-state index in [0.29, 0.717) is 5.82 Å². The van der Waals surface area contributed by atoms with Gasteiger partial charge in [0.2, 0.25) is 0 Å². The summed E-state index contributed by atoms with van der Waals surface area (Å²) in [5, 5.41) is 2.43. The molecular formula is C42H28N4. The Morgan fingerprint density at radius 2 is 0.761 bits per heavy atom. The number of rotatable bonds is 5. The molecule has 0 N–H and O–H groups in total. The fraction of sp³-hybridized carbons (Fsp3) is 0. The second-order valence-electron chi connectivity index (χ2n) is 11.5. The van der Waals surface area contributed by atoms with Crippen molar-refractivity contribution in [3.63, 3.8) is 0 Å². The highest BCUT2D eigenvalue weighted by Gasteiger charge is 2.21. The van der Waals surface area contributed by atoms with E-state index in [1.807, 2.05) is 36.4 Å². The molecule has 4 nitrogen and oxygen atoms in total. The molecule has 0 amide bonds. The SMILES string of the molecule is c1ccc(-c2cc(-c3ccccc3)nc(-c3ccc(-n4c5ccccc5c5c4c4ccccc4n5-c4ccccc4)cc3)n2)cc1. The lowest BCUT2D eigenvalue weighted by molar-refractivity contribution is 1.16. The molecule has 4 heteroatoms. The van der Waals surface area contributed by atoms with Gasteiger partial charge in [0.1, 0.15) is 0 Å². The van der Waals surface area contributed by atoms with Crippen molar-refractivity contribution < 1.29 is 0 Å². The molecule has 0 bridgehead atoms. The third-order valence-corrected chi connectivity index (χ3v) is 8.74. The lowest BCUT2D eigenvalue weighted by Gasteiger charge is -2.11. The van der Waals surface area contributed by atoms with Crippen LogP contribution in [0, 0.1) is 0 Å². The van der Waals surface area contributed by atoms with E-state index >= 15 is 0 Å². The molecule has 6 aromatic carbocycles. The first-order chi connectivity index (χ1) is 22.8. The van der Waals surface area contributed by atoms with E-state index < -0.39 is 0 Å². The molecule has 0 aliphatic carbocycles. The number of fused-ring (bicyclic) bond motifs is 5. The normalized spacial score (nSPS) is 11.5. The van der Waals surface area contributed by atoms with Crippen molar-refractivity contribution in [2.45, 2.75) is 0 Å². The zero-order valence-electron chi connectivity index (χ0n) is 25.0. The number of para-hydroxylation sites is 3. The van der Waals surface area contributed by atoms with Gasteiger partial charge in [0, 0.05) is 38.8 Å². The molecule has 0 radical (unpaired) electrons. The van der Waals surface area contributed by atoms with E-state index in [4.69, 9.17) is 9.97 Å². The van der Waals surface area contributed by atoms with Crippen molar-refractivity contribution in [3.8, 4) is 45.3 Å². The summed E-state index contributed by atoms with van der Waals surface area (Å²) in [6.07, 6.45) is 0. The van der Waals surface area contributed by atoms with Gasteiger partial charge in [-0.15, -0.1) is 0 Å². The summed E-state index contributed by atoms with van der Waals surface area (Å²) in [6.45, 7) is 0. The van der Waals surface area contributed by atoms with Gasteiger partial charge in [0.25, 0.3) is 0 Å². The van der Waals surface area contributed by atoms with Gasteiger partial charge in [-0.3, -0.25) is 0 Å². The summed E-state index contributed by atoms with van der Waals surface area (Å²) in [5.41, 5.74) is 11.9. The number of aromatic nitrogens is 4. The average molecular weight is 589 g/mol. The van der Waals surface area contributed by atoms with Gasteiger partial charge in [-0.2, -0.15) is 0 Å². The Balaban J connectivity index is 1.24. The van der Waals surface area contributed by atoms with E-state index in [1.54, 1.807) is 0 Å². The predicted octanol–water partition coefficient (Wildman–Crippen LogP) is 10.5. The van der Waals surface area contributed by atoms with E-state index in [0.717, 1.165) is 39.5 Å². The maximum Gasteiger partial charge on any atom is 0.160 e. The van der Waals surface area contributed by atoms with Crippen LogP contribution in [-0.2, 0) is 0 Å². The molecule has 216 valence electrons. The van der Waals surface area contributed by atoms with Gasteiger partial charge in [0.05, 0.1) is 33.5 Å². The summed E-state index contributed by atoms with van der Waals surface area (Å²) in [4.78, 5) is 10.1. The Bertz CT molecular complexity index is 2430. The summed E-state index contributed by atoms with van der Waals surface area (Å²) >= 11 is 0. The minimum absolute atomic E-state index is 0.704. The standard InChI is InChI=1S/C42H28N4/c1-4-14-29(15-5-1)36-28-37(30-16-6-2-7-17-30)44-42(43-36)31-24-26-33(27-25-31)46-39-23-13-11-21-35(39)40-41(46)34-20-10-12-22-38(34)45(40)32-18-8-3-9-19-32/h1-28H. The molecule has 9 rings (SSSR count). The van der Waals surface area contributed by atoms with Crippen LogP contribution in [0.2, 0.25) is 0 Å². The molecule has 3 aromatic heterocycles. The van der Waals surface area contributed by atoms with Gasteiger partial charge in [-0.25, -0.2) is 9.97 Å². The van der Waals surface area contributed by atoms with Crippen molar-refractivity contribution in [1.29, 1.82) is 0 Å². The van der Waals surface area contributed by atoms with E-state index in [-0.39, 0.29) is 0 Å². The Morgan fingerprint density at radius 3 is 1.26 bits per heavy atom. The number of benzene rings is 6. The van der Waals surface area contributed by atoms with Crippen molar-refractivity contribution in [3.05, 3.63) is 170 Å². The van der Waals surface area contributed by atoms with Crippen LogP contribution in [0.1, 0.15) is 0 Å². The number of hydrogen-bond acceptors (Lipinski definition) is 2. The topological polar surface area (TPSA) is 35.6 Å². The smallest absolute Gasteiger partial charge is 0.160 e. The van der Waals surface area contributed by atoms with Crippen LogP contribution in [0.4, 0.5) is 0 Å². The molecule has 0 spiro atoms. The van der Waals surface area contributed by atoms with Crippen LogP contribution in [-0.4, -0.2) is 19.1 Å². The van der Waals surface area contributed by atoms with Crippen molar-refractivity contribution in [2.24, 2.45) is 0 Å². The third kappa shape index (κ3) is 4.23. The lowest BCUT2D eigenvalue weighted by atomic mass is 10.1. The molecule has 3 heterocycles. The van der Waals surface area contributed by atoms with Crippen LogP contribution in [0.25, 0.3) is 78.1 Å². The first kappa shape index (κ1) is 26.2. The molecule has 9 aromatic rings. The van der Waals surface area contributed by atoms with Gasteiger partial charge in [0.15, 0.2) is 5.82 Å². The molecule has 0 aliphatic rings. The minimum atomic E-state index is 0.704. The van der Waals surface area contributed by atoms with E-state index in [2.05, 4.69) is 143 Å². The third-order valence-electron chi connectivity index (χ3n) is 8.74. The zero-order valence-corrected chi connectivity index (χ0v) is 25.0. The van der Waals surface area contributed by atoms with E-state index in [1.165, 1.54) is 32.8 Å². The van der Waals surface area contributed by atoms with Gasteiger partial charge < -0.3 is 9.13 Å². The molecular weight excluding hydrogens is 560 g/mol. The Hall–Kier alpha value is -6.26. The van der Waals surface area contributed by atoms with Crippen molar-refractivity contribution in [2.75, 3.05) is 0 Å². The van der Waals surface area contributed by atoms with Gasteiger partial charge in [-0.1, -0.05) is 115 Å². The van der Waals surface area contributed by atoms with Crippen LogP contribution < -0.4 is 0 Å². The van der Waals surface area contributed by atoms with Crippen molar-refractivity contribution in [1.82, 2.24) is 19.1 Å². The number of nitrogens with zero attached hydrogens (tertiary/aromatic N) is 4. The quantitative estimate of drug-likeness (QED) is 0.200. The minimum Gasteiger partial charge on any atom is -0.307 e. The Labute approximate surface area is 266 Å². The number of hydrogen-bond donors (Lipinski definition) is 0. The molecule has 0 saturated carbocycles. The lowest BCUT2D eigenvalue weighted by Crippen LogP contribution is -1.97. The maximum absolute atomic E-state index is 5.05. The largest absolute Gasteiger partial charge is 0.307 e. The summed E-state index contributed by atoms with van der Waals surface area (Å²) < 4.78 is 4.79. The second kappa shape index (κ2) is 10.7. The second-order valence-corrected chi connectivity index (χ2v) is 11.5. The van der Waals surface area contributed by atoms with Gasteiger partial charge in [-0.05, 0) is 54.6 Å². The Kier molecular flexibility index (Phi) is 6.10. The molecule has 0 saturated heterocycles. The predicted molar refractivity (Wildman–Crippen MR) is 190 cm³/mol. The Morgan fingerprint density at radius 1 is 0.348 bits per heavy atom. The average Bonchev–Trinajstić information content (AvgIpc) is 3.65. The molecule has 46 heavy (non-hydrogen) atoms. The first-order valence-corrected chi connectivity index (χ1v) is 15.5. The highest BCUT2D eigenvalue weighted by Crippen LogP contribution is 2.40. The zero-order chi connectivity index (χ0) is 30.5. The van der Waals surface area contributed by atoms with Crippen LogP contribution in [0.15, 0.2) is 170 Å². The monoisotopic (exact) mass is 588 g/mol. The summed E-state index contributed by atoms with van der Waals surface area (Å²) in [7, 11) is 0. The molecule has 0 unspecified atom stereocenters. The van der Waals surface area contributed by atoms with E-state index in [9.17, 15) is 0 Å². The van der Waals surface area contributed by atoms with Crippen LogP contribution in [0.5, 0.6) is 0 Å². The van der Waals surface area contributed by atoms with Gasteiger partial charge >= 0.3 is 0 Å². The highest BCUT2D eigenvalue weighted by atomic mass is 15.1. The van der Waals surface area contributed by atoms with Crippen LogP contribution in [0.3, 0.4) is 0 Å².